The smallest absolute Gasteiger partial charge is 0.338 e. The molecule has 3 atom stereocenters. The van der Waals surface area contributed by atoms with Crippen molar-refractivity contribution >= 4 is 16.0 Å². The van der Waals surface area contributed by atoms with Crippen LogP contribution in [-0.2, 0) is 19.5 Å². The van der Waals surface area contributed by atoms with Crippen LogP contribution in [0.4, 0.5) is 0 Å². The number of rotatable bonds is 5. The van der Waals surface area contributed by atoms with Gasteiger partial charge < -0.3 is 9.47 Å². The van der Waals surface area contributed by atoms with E-state index in [1.807, 2.05) is 52.0 Å². The lowest BCUT2D eigenvalue weighted by Crippen LogP contribution is -2.48. The predicted octanol–water partition coefficient (Wildman–Crippen LogP) is 3.71. The first-order chi connectivity index (χ1) is 13.7. The van der Waals surface area contributed by atoms with Crippen LogP contribution < -0.4 is 0 Å². The average molecular weight is 418 g/mol. The van der Waals surface area contributed by atoms with Crippen molar-refractivity contribution in [3.63, 3.8) is 0 Å². The zero-order chi connectivity index (χ0) is 21.2. The zero-order valence-corrected chi connectivity index (χ0v) is 18.0. The minimum Gasteiger partial charge on any atom is -0.454 e. The van der Waals surface area contributed by atoms with E-state index in [1.165, 1.54) is 28.6 Å². The van der Waals surface area contributed by atoms with Gasteiger partial charge >= 0.3 is 5.97 Å². The lowest BCUT2D eigenvalue weighted by Gasteiger charge is -2.34. The molecule has 2 aromatic carbocycles. The quantitative estimate of drug-likeness (QED) is 0.694. The molecule has 0 aliphatic carbocycles. The minimum absolute atomic E-state index is 0.155. The Morgan fingerprint density at radius 2 is 1.59 bits per heavy atom. The molecular formula is C22H27NO5S. The molecule has 156 valence electrons. The molecule has 1 fully saturated rings. The first-order valence-corrected chi connectivity index (χ1v) is 11.1. The van der Waals surface area contributed by atoms with E-state index in [9.17, 15) is 13.2 Å². The van der Waals surface area contributed by atoms with Crippen LogP contribution in [0.15, 0.2) is 53.4 Å². The predicted molar refractivity (Wildman–Crippen MR) is 110 cm³/mol. The molecular weight excluding hydrogens is 390 g/mol. The van der Waals surface area contributed by atoms with Crippen molar-refractivity contribution < 1.29 is 22.7 Å². The van der Waals surface area contributed by atoms with E-state index < -0.39 is 22.1 Å². The van der Waals surface area contributed by atoms with E-state index in [1.54, 1.807) is 0 Å². The van der Waals surface area contributed by atoms with Crippen molar-refractivity contribution in [3.8, 4) is 0 Å². The van der Waals surface area contributed by atoms with Crippen molar-refractivity contribution in [1.29, 1.82) is 0 Å². The van der Waals surface area contributed by atoms with E-state index in [2.05, 4.69) is 0 Å². The molecule has 1 saturated heterocycles. The summed E-state index contributed by atoms with van der Waals surface area (Å²) in [5.41, 5.74) is 2.35. The number of carbonyl (C=O) groups is 1. The monoisotopic (exact) mass is 417 g/mol. The van der Waals surface area contributed by atoms with Gasteiger partial charge in [-0.1, -0.05) is 29.8 Å². The molecule has 1 heterocycles. The van der Waals surface area contributed by atoms with E-state index in [4.69, 9.17) is 9.47 Å². The van der Waals surface area contributed by atoms with Gasteiger partial charge in [0.05, 0.1) is 22.7 Å². The number of benzene rings is 2. The molecule has 0 radical (unpaired) electrons. The summed E-state index contributed by atoms with van der Waals surface area (Å²) in [7, 11) is -3.64. The molecule has 0 unspecified atom stereocenters. The standard InChI is InChI=1S/C22H27NO5S/c1-15-5-7-19(8-6-15)18(4)28-22(24)20-9-11-21(12-10-20)29(25,26)23-13-16(2)27-17(3)14-23/h5-12,16-18H,13-14H2,1-4H3/t16-,17+,18-/m1/s1. The fraction of sp³-hybridized carbons (Fsp3) is 0.409. The van der Waals surface area contributed by atoms with Crippen LogP contribution in [0.25, 0.3) is 0 Å². The molecule has 0 bridgehead atoms. The maximum atomic E-state index is 12.9. The maximum Gasteiger partial charge on any atom is 0.338 e. The van der Waals surface area contributed by atoms with Gasteiger partial charge in [0.25, 0.3) is 0 Å². The van der Waals surface area contributed by atoms with Gasteiger partial charge in [-0.2, -0.15) is 4.31 Å². The number of hydrogen-bond acceptors (Lipinski definition) is 5. The highest BCUT2D eigenvalue weighted by Crippen LogP contribution is 2.23. The minimum atomic E-state index is -3.64. The summed E-state index contributed by atoms with van der Waals surface area (Å²) in [5.74, 6) is -0.490. The highest BCUT2D eigenvalue weighted by molar-refractivity contribution is 7.89. The van der Waals surface area contributed by atoms with Crippen molar-refractivity contribution in [2.45, 2.75) is 50.9 Å². The van der Waals surface area contributed by atoms with E-state index in [-0.39, 0.29) is 17.1 Å². The number of hydrogen-bond donors (Lipinski definition) is 0. The molecule has 0 N–H and O–H groups in total. The maximum absolute atomic E-state index is 12.9. The van der Waals surface area contributed by atoms with E-state index in [0.717, 1.165) is 11.1 Å². The molecule has 0 spiro atoms. The third kappa shape index (κ3) is 5.04. The Kier molecular flexibility index (Phi) is 6.41. The van der Waals surface area contributed by atoms with Crippen LogP contribution in [0.3, 0.4) is 0 Å². The summed E-state index contributed by atoms with van der Waals surface area (Å²) in [5, 5.41) is 0. The number of aryl methyl sites for hydroxylation is 1. The molecule has 7 heteroatoms. The third-order valence-corrected chi connectivity index (χ3v) is 6.79. The molecule has 3 rings (SSSR count). The Balaban J connectivity index is 1.70. The number of ether oxygens (including phenoxy) is 2. The Bertz CT molecular complexity index is 944. The van der Waals surface area contributed by atoms with Crippen molar-refractivity contribution in [1.82, 2.24) is 4.31 Å². The molecule has 29 heavy (non-hydrogen) atoms. The molecule has 1 aliphatic heterocycles. The summed E-state index contributed by atoms with van der Waals surface area (Å²) in [6.45, 7) is 8.13. The van der Waals surface area contributed by atoms with Crippen LogP contribution in [0, 0.1) is 6.92 Å². The normalized spacial score (nSPS) is 21.5. The summed E-state index contributed by atoms with van der Waals surface area (Å²) >= 11 is 0. The summed E-state index contributed by atoms with van der Waals surface area (Å²) in [6, 6.07) is 13.7. The van der Waals surface area contributed by atoms with Gasteiger partial charge in [-0.3, -0.25) is 0 Å². The largest absolute Gasteiger partial charge is 0.454 e. The van der Waals surface area contributed by atoms with E-state index >= 15 is 0 Å². The van der Waals surface area contributed by atoms with Crippen molar-refractivity contribution in [2.75, 3.05) is 13.1 Å². The highest BCUT2D eigenvalue weighted by Gasteiger charge is 2.32. The third-order valence-electron chi connectivity index (χ3n) is 4.94. The lowest BCUT2D eigenvalue weighted by molar-refractivity contribution is -0.0440. The summed E-state index contributed by atoms with van der Waals surface area (Å²) < 4.78 is 38.4. The molecule has 0 aromatic heterocycles. The molecule has 6 nitrogen and oxygen atoms in total. The van der Waals surface area contributed by atoms with Gasteiger partial charge in [-0.15, -0.1) is 0 Å². The Labute approximate surface area is 172 Å². The second-order valence-electron chi connectivity index (χ2n) is 7.56. The van der Waals surface area contributed by atoms with Gasteiger partial charge in [0.15, 0.2) is 0 Å². The van der Waals surface area contributed by atoms with Gasteiger partial charge in [0, 0.05) is 13.1 Å². The van der Waals surface area contributed by atoms with Gasteiger partial charge in [-0.05, 0) is 57.5 Å². The number of morpholine rings is 1. The second-order valence-corrected chi connectivity index (χ2v) is 9.50. The second kappa shape index (κ2) is 8.65. The average Bonchev–Trinajstić information content (AvgIpc) is 2.67. The SMILES string of the molecule is Cc1ccc([C@@H](C)OC(=O)c2ccc(S(=O)(=O)N3C[C@@H](C)O[C@@H](C)C3)cc2)cc1. The van der Waals surface area contributed by atoms with Gasteiger partial charge in [-0.25, -0.2) is 13.2 Å². The van der Waals surface area contributed by atoms with Crippen LogP contribution in [0.5, 0.6) is 0 Å². The first-order valence-electron chi connectivity index (χ1n) is 9.70. The molecule has 0 amide bonds. The van der Waals surface area contributed by atoms with Gasteiger partial charge in [0.1, 0.15) is 6.10 Å². The van der Waals surface area contributed by atoms with Crippen LogP contribution >= 0.6 is 0 Å². The van der Waals surface area contributed by atoms with Crippen LogP contribution in [-0.4, -0.2) is 44.0 Å². The van der Waals surface area contributed by atoms with Crippen molar-refractivity contribution in [2.24, 2.45) is 0 Å². The zero-order valence-electron chi connectivity index (χ0n) is 17.2. The van der Waals surface area contributed by atoms with Gasteiger partial charge in [0.2, 0.25) is 10.0 Å². The highest BCUT2D eigenvalue weighted by atomic mass is 32.2. The Morgan fingerprint density at radius 3 is 2.14 bits per heavy atom. The lowest BCUT2D eigenvalue weighted by atomic mass is 10.1. The first kappa shape index (κ1) is 21.5. The Hall–Kier alpha value is -2.22. The molecule has 2 aromatic rings. The summed E-state index contributed by atoms with van der Waals surface area (Å²) in [4.78, 5) is 12.6. The fourth-order valence-electron chi connectivity index (χ4n) is 3.37. The number of esters is 1. The number of sulfonamides is 1. The van der Waals surface area contributed by atoms with E-state index in [0.29, 0.717) is 18.7 Å². The molecule has 0 saturated carbocycles. The number of carbonyl (C=O) groups excluding carboxylic acids is 1. The topological polar surface area (TPSA) is 72.9 Å². The van der Waals surface area contributed by atoms with Crippen molar-refractivity contribution in [3.05, 3.63) is 65.2 Å². The summed E-state index contributed by atoms with van der Waals surface area (Å²) in [6.07, 6.45) is -0.722. The fourth-order valence-corrected chi connectivity index (χ4v) is 4.96. The number of nitrogens with zero attached hydrogens (tertiary/aromatic N) is 1. The van der Waals surface area contributed by atoms with Crippen LogP contribution in [0.2, 0.25) is 0 Å². The Morgan fingerprint density at radius 1 is 1.03 bits per heavy atom. The molecule has 1 aliphatic rings. The van der Waals surface area contributed by atoms with Crippen LogP contribution in [0.1, 0.15) is 48.4 Å².